The molecule has 126 valence electrons. The Morgan fingerprint density at radius 3 is 2.43 bits per heavy atom. The van der Waals surface area contributed by atoms with Gasteiger partial charge in [0.2, 0.25) is 0 Å². The fourth-order valence-corrected chi connectivity index (χ4v) is 8.06. The average Bonchev–Trinajstić information content (AvgIpc) is 3.02. The van der Waals surface area contributed by atoms with Crippen molar-refractivity contribution >= 4 is 37.1 Å². The predicted molar refractivity (Wildman–Crippen MR) is 89.5 cm³/mol. The summed E-state index contributed by atoms with van der Waals surface area (Å²) >= 11 is 5.80. The van der Waals surface area contributed by atoms with Crippen molar-refractivity contribution in [2.75, 3.05) is 24.6 Å². The number of hydrogen-bond donors (Lipinski definition) is 0. The highest BCUT2D eigenvalue weighted by molar-refractivity contribution is 7.96. The average molecular weight is 377 g/mol. The molecule has 2 aliphatic rings. The maximum atomic E-state index is 12.9. The number of nitrogens with zero attached hydrogens (tertiary/aromatic N) is 2. The topological polar surface area (TPSA) is 83.9 Å². The van der Waals surface area contributed by atoms with Crippen molar-refractivity contribution in [2.24, 2.45) is 4.99 Å². The minimum atomic E-state index is -3.77. The smallest absolute Gasteiger partial charge is 0.184 e. The van der Waals surface area contributed by atoms with Crippen LogP contribution in [0.4, 0.5) is 0 Å². The lowest BCUT2D eigenvalue weighted by molar-refractivity contribution is 0.360. The van der Waals surface area contributed by atoms with E-state index in [1.165, 1.54) is 24.3 Å². The van der Waals surface area contributed by atoms with Gasteiger partial charge in [-0.2, -0.15) is 0 Å². The predicted octanol–water partition coefficient (Wildman–Crippen LogP) is 1.01. The van der Waals surface area contributed by atoms with E-state index in [2.05, 4.69) is 4.99 Å². The summed E-state index contributed by atoms with van der Waals surface area (Å²) in [6.45, 7) is 2.90. The molecule has 2 atom stereocenters. The zero-order valence-corrected chi connectivity index (χ0v) is 14.9. The Balaban J connectivity index is 2.01. The largest absolute Gasteiger partial charge is 0.353 e. The summed E-state index contributed by atoms with van der Waals surface area (Å²) in [6.07, 6.45) is 0. The van der Waals surface area contributed by atoms with Gasteiger partial charge in [0.05, 0.1) is 34.8 Å². The maximum Gasteiger partial charge on any atom is 0.184 e. The Labute approximate surface area is 141 Å². The van der Waals surface area contributed by atoms with E-state index < -0.39 is 31.0 Å². The van der Waals surface area contributed by atoms with Gasteiger partial charge in [-0.1, -0.05) is 11.6 Å². The Morgan fingerprint density at radius 2 is 1.87 bits per heavy atom. The van der Waals surface area contributed by atoms with Gasteiger partial charge in [0.15, 0.2) is 19.7 Å². The molecule has 2 aliphatic heterocycles. The van der Waals surface area contributed by atoms with E-state index in [-0.39, 0.29) is 16.4 Å². The van der Waals surface area contributed by atoms with Gasteiger partial charge in [-0.05, 0) is 31.2 Å². The Morgan fingerprint density at radius 1 is 1.22 bits per heavy atom. The molecule has 1 aromatic rings. The van der Waals surface area contributed by atoms with Crippen molar-refractivity contribution in [1.29, 1.82) is 0 Å². The number of sulfone groups is 2. The second-order valence-corrected chi connectivity index (χ2v) is 10.6. The normalized spacial score (nSPS) is 27.2. The first-order valence-corrected chi connectivity index (χ1v) is 10.9. The molecule has 1 saturated heterocycles. The highest BCUT2D eigenvalue weighted by Gasteiger charge is 2.49. The van der Waals surface area contributed by atoms with Crippen LogP contribution in [0.2, 0.25) is 5.02 Å². The van der Waals surface area contributed by atoms with Crippen LogP contribution in [0.25, 0.3) is 0 Å². The summed E-state index contributed by atoms with van der Waals surface area (Å²) < 4.78 is 50.1. The van der Waals surface area contributed by atoms with Crippen molar-refractivity contribution in [3.63, 3.8) is 0 Å². The molecule has 23 heavy (non-hydrogen) atoms. The molecule has 1 aromatic carbocycles. The number of hydrogen-bond acceptors (Lipinski definition) is 6. The monoisotopic (exact) mass is 376 g/mol. The molecule has 0 amide bonds. The number of halogens is 1. The van der Waals surface area contributed by atoms with Crippen LogP contribution < -0.4 is 0 Å². The van der Waals surface area contributed by atoms with Crippen LogP contribution in [-0.2, 0) is 19.7 Å². The molecule has 1 fully saturated rings. The van der Waals surface area contributed by atoms with Crippen LogP contribution in [0.15, 0.2) is 34.2 Å². The van der Waals surface area contributed by atoms with Crippen molar-refractivity contribution < 1.29 is 16.8 Å². The Kier molecular flexibility index (Phi) is 4.18. The minimum Gasteiger partial charge on any atom is -0.353 e. The number of rotatable bonds is 3. The van der Waals surface area contributed by atoms with E-state index in [1.807, 2.05) is 4.90 Å². The van der Waals surface area contributed by atoms with Gasteiger partial charge < -0.3 is 4.90 Å². The van der Waals surface area contributed by atoms with Crippen LogP contribution in [0, 0.1) is 0 Å². The molecule has 2 heterocycles. The third-order valence-electron chi connectivity index (χ3n) is 4.31. The fourth-order valence-electron chi connectivity index (χ4n) is 3.16. The number of benzene rings is 1. The first-order valence-electron chi connectivity index (χ1n) is 7.18. The van der Waals surface area contributed by atoms with Gasteiger partial charge in [-0.15, -0.1) is 0 Å². The molecular weight excluding hydrogens is 360 g/mol. The third kappa shape index (κ3) is 3.12. The lowest BCUT2D eigenvalue weighted by Crippen LogP contribution is -2.47. The molecule has 0 saturated carbocycles. The molecule has 0 unspecified atom stereocenters. The highest BCUT2D eigenvalue weighted by atomic mass is 35.5. The van der Waals surface area contributed by atoms with Gasteiger partial charge in [-0.3, -0.25) is 4.99 Å². The fraction of sp³-hybridized carbons (Fsp3) is 0.500. The lowest BCUT2D eigenvalue weighted by Gasteiger charge is -2.29. The van der Waals surface area contributed by atoms with Gasteiger partial charge >= 0.3 is 0 Å². The van der Waals surface area contributed by atoms with E-state index in [0.29, 0.717) is 23.9 Å². The van der Waals surface area contributed by atoms with Crippen molar-refractivity contribution in [1.82, 2.24) is 4.90 Å². The summed E-state index contributed by atoms with van der Waals surface area (Å²) in [7, 11) is -7.18. The van der Waals surface area contributed by atoms with Gasteiger partial charge in [0.25, 0.3) is 0 Å². The molecule has 0 aromatic heterocycles. The third-order valence-corrected chi connectivity index (χ3v) is 8.70. The quantitative estimate of drug-likeness (QED) is 0.786. The van der Waals surface area contributed by atoms with Crippen molar-refractivity contribution in [3.05, 3.63) is 29.3 Å². The van der Waals surface area contributed by atoms with Gasteiger partial charge in [0, 0.05) is 11.6 Å². The van der Waals surface area contributed by atoms with Crippen LogP contribution >= 0.6 is 11.6 Å². The molecule has 0 bridgehead atoms. The summed E-state index contributed by atoms with van der Waals surface area (Å²) in [5, 5.41) is -0.556. The first-order chi connectivity index (χ1) is 10.7. The van der Waals surface area contributed by atoms with Crippen LogP contribution in [0.5, 0.6) is 0 Å². The SMILES string of the molecule is CC1=NCCN1[C@H]1CS(=O)(=O)C[C@@H]1S(=O)(=O)c1ccc(Cl)cc1. The Hall–Kier alpha value is -1.12. The standard InChI is InChI=1S/C14H17ClN2O4S2/c1-10-16-6-7-17(10)13-8-22(18,19)9-14(13)23(20,21)12-4-2-11(15)3-5-12/h2-5,13-14H,6-9H2,1H3/t13-,14-/m0/s1. The first kappa shape index (κ1) is 16.7. The Bertz CT molecular complexity index is 847. The van der Waals surface area contributed by atoms with Crippen molar-refractivity contribution in [2.45, 2.75) is 23.1 Å². The molecule has 3 rings (SSSR count). The van der Waals surface area contributed by atoms with Crippen LogP contribution in [0.3, 0.4) is 0 Å². The van der Waals surface area contributed by atoms with E-state index in [4.69, 9.17) is 11.6 Å². The van der Waals surface area contributed by atoms with Crippen LogP contribution in [0.1, 0.15) is 6.92 Å². The van der Waals surface area contributed by atoms with E-state index in [0.717, 1.165) is 0 Å². The van der Waals surface area contributed by atoms with Crippen molar-refractivity contribution in [3.8, 4) is 0 Å². The summed E-state index contributed by atoms with van der Waals surface area (Å²) in [6, 6.07) is 5.24. The number of amidine groups is 1. The molecule has 6 nitrogen and oxygen atoms in total. The second-order valence-electron chi connectivity index (χ2n) is 5.80. The lowest BCUT2D eigenvalue weighted by atomic mass is 10.2. The minimum absolute atomic E-state index is 0.0998. The molecule has 0 aliphatic carbocycles. The van der Waals surface area contributed by atoms with E-state index in [9.17, 15) is 16.8 Å². The summed E-state index contributed by atoms with van der Waals surface area (Å²) in [5.74, 6) is 0.187. The van der Waals surface area contributed by atoms with Crippen LogP contribution in [-0.4, -0.2) is 63.5 Å². The molecule has 0 spiro atoms. The zero-order chi connectivity index (χ0) is 16.8. The maximum absolute atomic E-state index is 12.9. The highest BCUT2D eigenvalue weighted by Crippen LogP contribution is 2.30. The van der Waals surface area contributed by atoms with E-state index in [1.54, 1.807) is 6.92 Å². The summed E-state index contributed by atoms with van der Waals surface area (Å²) in [4.78, 5) is 6.15. The zero-order valence-electron chi connectivity index (χ0n) is 12.5. The molecule has 0 N–H and O–H groups in total. The summed E-state index contributed by atoms with van der Waals surface area (Å²) in [5.41, 5.74) is 0. The van der Waals surface area contributed by atoms with E-state index >= 15 is 0 Å². The second kappa shape index (κ2) is 5.75. The molecule has 0 radical (unpaired) electrons. The molecular formula is C14H17ClN2O4S2. The molecule has 9 heteroatoms. The van der Waals surface area contributed by atoms with Gasteiger partial charge in [-0.25, -0.2) is 16.8 Å². The van der Waals surface area contributed by atoms with Gasteiger partial charge in [0.1, 0.15) is 5.25 Å². The number of aliphatic imine (C=N–C) groups is 1.